The predicted octanol–water partition coefficient (Wildman–Crippen LogP) is 2.67. The monoisotopic (exact) mass is 283 g/mol. The molecule has 1 heterocycles. The third-order valence-corrected chi connectivity index (χ3v) is 3.23. The number of rotatable bonds is 2. The highest BCUT2D eigenvalue weighted by Crippen LogP contribution is 2.17. The fourth-order valence-corrected chi connectivity index (χ4v) is 2.02. The first-order valence-corrected chi connectivity index (χ1v) is 6.53. The number of anilines is 1. The van der Waals surface area contributed by atoms with Crippen molar-refractivity contribution in [3.05, 3.63) is 29.8 Å². The first-order chi connectivity index (χ1) is 8.66. The fourth-order valence-electron chi connectivity index (χ4n) is 2.02. The molecule has 106 valence electrons. The summed E-state index contributed by atoms with van der Waals surface area (Å²) in [7, 11) is 0. The lowest BCUT2D eigenvalue weighted by atomic mass is 10.0. The van der Waals surface area contributed by atoms with Crippen molar-refractivity contribution in [2.24, 2.45) is 0 Å². The lowest BCUT2D eigenvalue weighted by Gasteiger charge is -2.27. The fraction of sp³-hybridized carbons (Fsp3) is 0.500. The standard InChI is InChI=1S/C14H21N3O.ClH/c1-11(2)12-3-5-13(6-4-12)16-14(18)17-9-7-15-8-10-17;/h3-6,11,15H,7-10H2,1-2H3,(H,16,18);1H. The summed E-state index contributed by atoms with van der Waals surface area (Å²) >= 11 is 0. The first kappa shape index (κ1) is 15.8. The SMILES string of the molecule is CC(C)c1ccc(NC(=O)N2CCNCC2)cc1.Cl. The van der Waals surface area contributed by atoms with Gasteiger partial charge in [-0.15, -0.1) is 12.4 Å². The lowest BCUT2D eigenvalue weighted by molar-refractivity contribution is 0.204. The van der Waals surface area contributed by atoms with E-state index in [1.165, 1.54) is 5.56 Å². The largest absolute Gasteiger partial charge is 0.322 e. The summed E-state index contributed by atoms with van der Waals surface area (Å²) in [6, 6.07) is 8.06. The number of carbonyl (C=O) groups excluding carboxylic acids is 1. The van der Waals surface area contributed by atoms with E-state index in [2.05, 4.69) is 36.6 Å². The van der Waals surface area contributed by atoms with Gasteiger partial charge in [0.25, 0.3) is 0 Å². The smallest absolute Gasteiger partial charge is 0.321 e. The zero-order valence-electron chi connectivity index (χ0n) is 11.5. The van der Waals surface area contributed by atoms with Gasteiger partial charge in [0.1, 0.15) is 0 Å². The van der Waals surface area contributed by atoms with E-state index in [1.807, 2.05) is 17.0 Å². The maximum Gasteiger partial charge on any atom is 0.321 e. The molecule has 1 aliphatic heterocycles. The summed E-state index contributed by atoms with van der Waals surface area (Å²) in [4.78, 5) is 13.8. The van der Waals surface area contributed by atoms with Crippen LogP contribution in [0.25, 0.3) is 0 Å². The molecule has 2 rings (SSSR count). The van der Waals surface area contributed by atoms with Crippen LogP contribution in [-0.2, 0) is 0 Å². The first-order valence-electron chi connectivity index (χ1n) is 6.53. The van der Waals surface area contributed by atoms with Gasteiger partial charge in [0.05, 0.1) is 0 Å². The number of hydrogen-bond acceptors (Lipinski definition) is 2. The van der Waals surface area contributed by atoms with Crippen molar-refractivity contribution in [1.29, 1.82) is 0 Å². The van der Waals surface area contributed by atoms with Gasteiger partial charge >= 0.3 is 6.03 Å². The van der Waals surface area contributed by atoms with E-state index in [0.717, 1.165) is 31.9 Å². The molecule has 2 N–H and O–H groups in total. The molecular formula is C14H22ClN3O. The second kappa shape index (κ2) is 7.36. The Balaban J connectivity index is 0.00000180. The Morgan fingerprint density at radius 1 is 1.21 bits per heavy atom. The van der Waals surface area contributed by atoms with Crippen molar-refractivity contribution in [2.45, 2.75) is 19.8 Å². The molecule has 5 heteroatoms. The molecule has 1 saturated heterocycles. The Morgan fingerprint density at radius 3 is 2.32 bits per heavy atom. The average molecular weight is 284 g/mol. The zero-order chi connectivity index (χ0) is 13.0. The summed E-state index contributed by atoms with van der Waals surface area (Å²) in [5, 5.41) is 6.17. The molecule has 0 aliphatic carbocycles. The minimum atomic E-state index is -0.00574. The van der Waals surface area contributed by atoms with Crippen molar-refractivity contribution in [1.82, 2.24) is 10.2 Å². The molecule has 1 aliphatic rings. The summed E-state index contributed by atoms with van der Waals surface area (Å²) in [6.07, 6.45) is 0. The van der Waals surface area contributed by atoms with E-state index >= 15 is 0 Å². The van der Waals surface area contributed by atoms with E-state index in [-0.39, 0.29) is 18.4 Å². The molecule has 4 nitrogen and oxygen atoms in total. The van der Waals surface area contributed by atoms with Gasteiger partial charge in [-0.1, -0.05) is 26.0 Å². The van der Waals surface area contributed by atoms with E-state index in [4.69, 9.17) is 0 Å². The number of nitrogens with zero attached hydrogens (tertiary/aromatic N) is 1. The minimum Gasteiger partial charge on any atom is -0.322 e. The van der Waals surface area contributed by atoms with Crippen LogP contribution < -0.4 is 10.6 Å². The molecule has 0 bridgehead atoms. The van der Waals surface area contributed by atoms with Crippen LogP contribution in [-0.4, -0.2) is 37.1 Å². The Morgan fingerprint density at radius 2 is 1.79 bits per heavy atom. The van der Waals surface area contributed by atoms with Gasteiger partial charge in [-0.25, -0.2) is 4.79 Å². The number of piperazine rings is 1. The maximum absolute atomic E-state index is 12.0. The van der Waals surface area contributed by atoms with Crippen molar-refractivity contribution in [3.63, 3.8) is 0 Å². The van der Waals surface area contributed by atoms with Crippen LogP contribution in [0.4, 0.5) is 10.5 Å². The molecule has 1 aromatic carbocycles. The van der Waals surface area contributed by atoms with E-state index in [9.17, 15) is 4.79 Å². The molecule has 0 radical (unpaired) electrons. The molecule has 1 fully saturated rings. The highest BCUT2D eigenvalue weighted by Gasteiger charge is 2.15. The number of urea groups is 1. The van der Waals surface area contributed by atoms with Gasteiger partial charge in [0, 0.05) is 31.9 Å². The normalized spacial score (nSPS) is 15.0. The molecule has 19 heavy (non-hydrogen) atoms. The minimum absolute atomic E-state index is 0. The van der Waals surface area contributed by atoms with E-state index in [0.29, 0.717) is 5.92 Å². The van der Waals surface area contributed by atoms with Crippen LogP contribution in [0.5, 0.6) is 0 Å². The highest BCUT2D eigenvalue weighted by atomic mass is 35.5. The van der Waals surface area contributed by atoms with Crippen LogP contribution in [0.3, 0.4) is 0 Å². The second-order valence-corrected chi connectivity index (χ2v) is 4.94. The van der Waals surface area contributed by atoms with E-state index < -0.39 is 0 Å². The van der Waals surface area contributed by atoms with Crippen LogP contribution >= 0.6 is 12.4 Å². The molecule has 0 aromatic heterocycles. The molecule has 0 spiro atoms. The Hall–Kier alpha value is -1.26. The lowest BCUT2D eigenvalue weighted by Crippen LogP contribution is -2.48. The summed E-state index contributed by atoms with van der Waals surface area (Å²) in [5.74, 6) is 0.517. The molecule has 0 atom stereocenters. The Bertz CT molecular complexity index is 400. The topological polar surface area (TPSA) is 44.4 Å². The van der Waals surface area contributed by atoms with Crippen LogP contribution in [0.2, 0.25) is 0 Å². The quantitative estimate of drug-likeness (QED) is 0.876. The molecule has 2 amide bonds. The summed E-state index contributed by atoms with van der Waals surface area (Å²) < 4.78 is 0. The third kappa shape index (κ3) is 4.40. The van der Waals surface area contributed by atoms with Gasteiger partial charge < -0.3 is 15.5 Å². The van der Waals surface area contributed by atoms with Crippen LogP contribution in [0, 0.1) is 0 Å². The summed E-state index contributed by atoms with van der Waals surface area (Å²) in [5.41, 5.74) is 2.15. The third-order valence-electron chi connectivity index (χ3n) is 3.23. The zero-order valence-corrected chi connectivity index (χ0v) is 12.3. The van der Waals surface area contributed by atoms with Crippen LogP contribution in [0.15, 0.2) is 24.3 Å². The molecular weight excluding hydrogens is 262 g/mol. The van der Waals surface area contributed by atoms with Crippen molar-refractivity contribution < 1.29 is 4.79 Å². The average Bonchev–Trinajstić information content (AvgIpc) is 2.40. The van der Waals surface area contributed by atoms with Gasteiger partial charge in [0.15, 0.2) is 0 Å². The number of benzene rings is 1. The van der Waals surface area contributed by atoms with Crippen molar-refractivity contribution in [2.75, 3.05) is 31.5 Å². The number of carbonyl (C=O) groups is 1. The second-order valence-electron chi connectivity index (χ2n) is 4.94. The van der Waals surface area contributed by atoms with Crippen molar-refractivity contribution >= 4 is 24.1 Å². The number of nitrogens with one attached hydrogen (secondary N) is 2. The molecule has 0 saturated carbocycles. The maximum atomic E-state index is 12.0. The van der Waals surface area contributed by atoms with Gasteiger partial charge in [-0.3, -0.25) is 0 Å². The van der Waals surface area contributed by atoms with Crippen molar-refractivity contribution in [3.8, 4) is 0 Å². The highest BCUT2D eigenvalue weighted by molar-refractivity contribution is 5.89. The van der Waals surface area contributed by atoms with Gasteiger partial charge in [-0.05, 0) is 23.6 Å². The number of halogens is 1. The van der Waals surface area contributed by atoms with E-state index in [1.54, 1.807) is 0 Å². The van der Waals surface area contributed by atoms with Gasteiger partial charge in [-0.2, -0.15) is 0 Å². The van der Waals surface area contributed by atoms with Gasteiger partial charge in [0.2, 0.25) is 0 Å². The number of amides is 2. The number of hydrogen-bond donors (Lipinski definition) is 2. The molecule has 1 aromatic rings. The summed E-state index contributed by atoms with van der Waals surface area (Å²) in [6.45, 7) is 7.62. The Labute approximate surface area is 121 Å². The Kier molecular flexibility index (Phi) is 6.12. The predicted molar refractivity (Wildman–Crippen MR) is 81.2 cm³/mol. The molecule has 0 unspecified atom stereocenters. The van der Waals surface area contributed by atoms with Crippen LogP contribution in [0.1, 0.15) is 25.3 Å².